The summed E-state index contributed by atoms with van der Waals surface area (Å²) >= 11 is 7.37. The summed E-state index contributed by atoms with van der Waals surface area (Å²) in [7, 11) is 0. The van der Waals surface area contributed by atoms with Crippen molar-refractivity contribution in [2.45, 2.75) is 39.4 Å². The molecule has 1 unspecified atom stereocenters. The fourth-order valence-electron chi connectivity index (χ4n) is 3.62. The van der Waals surface area contributed by atoms with E-state index >= 15 is 0 Å². The Morgan fingerprint density at radius 3 is 3.04 bits per heavy atom. The van der Waals surface area contributed by atoms with E-state index in [1.54, 1.807) is 4.90 Å². The molecule has 120 valence electrons. The monoisotopic (exact) mass is 346 g/mol. The number of nitrogens with one attached hydrogen (secondary N) is 1. The van der Waals surface area contributed by atoms with E-state index in [4.69, 9.17) is 12.2 Å². The van der Waals surface area contributed by atoms with Crippen molar-refractivity contribution in [3.8, 4) is 0 Å². The second-order valence-electron chi connectivity index (χ2n) is 6.22. The van der Waals surface area contributed by atoms with Gasteiger partial charge in [0.25, 0.3) is 5.78 Å². The third kappa shape index (κ3) is 2.62. The molecule has 0 aliphatic carbocycles. The van der Waals surface area contributed by atoms with Crippen molar-refractivity contribution in [3.63, 3.8) is 0 Å². The van der Waals surface area contributed by atoms with Gasteiger partial charge in [0.05, 0.1) is 11.4 Å². The smallest absolute Gasteiger partial charge is 0.252 e. The van der Waals surface area contributed by atoms with Crippen molar-refractivity contribution in [2.24, 2.45) is 0 Å². The number of rotatable bonds is 3. The summed E-state index contributed by atoms with van der Waals surface area (Å²) in [6.45, 7) is 6.10. The SMILES string of the molecule is Cc1cc(C)n2c(n1)nc(=S)n2C[NH+]1CCC[C@H]1c1cccs1. The number of hydrogen-bond acceptors (Lipinski definition) is 4. The van der Waals surface area contributed by atoms with Crippen LogP contribution in [0.25, 0.3) is 5.78 Å². The number of aromatic nitrogens is 4. The number of nitrogens with zero attached hydrogens (tertiary/aromatic N) is 4. The van der Waals surface area contributed by atoms with Gasteiger partial charge in [-0.3, -0.25) is 0 Å². The minimum atomic E-state index is 0.571. The molecule has 0 spiro atoms. The molecule has 1 saturated heterocycles. The molecule has 23 heavy (non-hydrogen) atoms. The fraction of sp³-hybridized carbons (Fsp3) is 0.438. The quantitative estimate of drug-likeness (QED) is 0.740. The molecule has 1 N–H and O–H groups in total. The standard InChI is InChI=1S/C16H19N5S2/c1-11-9-12(2)21-15(17-11)18-16(22)20(21)10-19-7-3-5-13(19)14-6-4-8-23-14/h4,6,8-9,13H,3,5,7,10H2,1-2H3/p+1/t13-/m0/s1. The van der Waals surface area contributed by atoms with E-state index in [2.05, 4.69) is 49.7 Å². The lowest BCUT2D eigenvalue weighted by Crippen LogP contribution is -3.09. The number of likely N-dealkylation sites (tertiary alicyclic amines) is 1. The fourth-order valence-corrected chi connectivity index (χ4v) is 4.77. The Morgan fingerprint density at radius 1 is 1.39 bits per heavy atom. The number of hydrogen-bond donors (Lipinski definition) is 1. The van der Waals surface area contributed by atoms with E-state index in [0.29, 0.717) is 16.6 Å². The molecule has 0 amide bonds. The minimum absolute atomic E-state index is 0.571. The van der Waals surface area contributed by atoms with Gasteiger partial charge in [-0.05, 0) is 43.6 Å². The summed E-state index contributed by atoms with van der Waals surface area (Å²) in [6, 6.07) is 7.05. The van der Waals surface area contributed by atoms with Gasteiger partial charge in [-0.25, -0.2) is 14.2 Å². The highest BCUT2D eigenvalue weighted by Gasteiger charge is 2.31. The lowest BCUT2D eigenvalue weighted by Gasteiger charge is -2.21. The van der Waals surface area contributed by atoms with Crippen LogP contribution in [0.4, 0.5) is 0 Å². The molecule has 0 saturated carbocycles. The van der Waals surface area contributed by atoms with Crippen LogP contribution in [0, 0.1) is 18.6 Å². The third-order valence-electron chi connectivity index (χ3n) is 4.60. The summed E-state index contributed by atoms with van der Waals surface area (Å²) in [4.78, 5) is 12.0. The van der Waals surface area contributed by atoms with Crippen LogP contribution in [-0.2, 0) is 6.67 Å². The van der Waals surface area contributed by atoms with E-state index in [9.17, 15) is 0 Å². The van der Waals surface area contributed by atoms with Crippen molar-refractivity contribution in [3.05, 3.63) is 44.6 Å². The first kappa shape index (κ1) is 15.0. The average molecular weight is 347 g/mol. The first-order chi connectivity index (χ1) is 11.1. The Labute approximate surface area is 144 Å². The first-order valence-corrected chi connectivity index (χ1v) is 9.24. The molecule has 1 aliphatic rings. The minimum Gasteiger partial charge on any atom is -0.309 e. The van der Waals surface area contributed by atoms with E-state index in [0.717, 1.165) is 18.1 Å². The van der Waals surface area contributed by atoms with Gasteiger partial charge >= 0.3 is 0 Å². The molecule has 2 atom stereocenters. The van der Waals surface area contributed by atoms with Gasteiger partial charge < -0.3 is 4.90 Å². The van der Waals surface area contributed by atoms with Crippen LogP contribution in [0.2, 0.25) is 0 Å². The number of quaternary nitrogens is 1. The maximum Gasteiger partial charge on any atom is 0.252 e. The largest absolute Gasteiger partial charge is 0.309 e. The van der Waals surface area contributed by atoms with E-state index in [-0.39, 0.29) is 0 Å². The predicted molar refractivity (Wildman–Crippen MR) is 93.4 cm³/mol. The Balaban J connectivity index is 1.73. The molecule has 0 aromatic carbocycles. The van der Waals surface area contributed by atoms with E-state index < -0.39 is 0 Å². The summed E-state index contributed by atoms with van der Waals surface area (Å²) < 4.78 is 4.79. The van der Waals surface area contributed by atoms with E-state index in [1.165, 1.54) is 24.3 Å². The predicted octanol–water partition coefficient (Wildman–Crippen LogP) is 2.32. The second kappa shape index (κ2) is 5.81. The molecule has 4 heterocycles. The topological polar surface area (TPSA) is 39.6 Å². The molecule has 5 nitrogen and oxygen atoms in total. The first-order valence-electron chi connectivity index (χ1n) is 7.95. The lowest BCUT2D eigenvalue weighted by atomic mass is 10.2. The molecule has 3 aromatic rings. The Bertz CT molecular complexity index is 893. The zero-order valence-corrected chi connectivity index (χ0v) is 15.0. The maximum atomic E-state index is 5.51. The Hall–Kier alpha value is -1.57. The zero-order chi connectivity index (χ0) is 16.0. The van der Waals surface area contributed by atoms with Crippen molar-refractivity contribution >= 4 is 29.3 Å². The van der Waals surface area contributed by atoms with Crippen LogP contribution in [0.15, 0.2) is 23.6 Å². The summed E-state index contributed by atoms with van der Waals surface area (Å²) in [6.07, 6.45) is 2.51. The van der Waals surface area contributed by atoms with Gasteiger partial charge in [0, 0.05) is 24.2 Å². The van der Waals surface area contributed by atoms with Gasteiger partial charge in [0.1, 0.15) is 6.04 Å². The average Bonchev–Trinajstić information content (AvgIpc) is 3.20. The maximum absolute atomic E-state index is 5.51. The summed E-state index contributed by atoms with van der Waals surface area (Å²) in [5, 5.41) is 2.17. The van der Waals surface area contributed by atoms with Crippen LogP contribution in [-0.4, -0.2) is 25.7 Å². The molecular formula is C16H20N5S2+. The molecule has 1 fully saturated rings. The number of fused-ring (bicyclic) bond motifs is 1. The van der Waals surface area contributed by atoms with Crippen LogP contribution < -0.4 is 4.90 Å². The van der Waals surface area contributed by atoms with Crippen molar-refractivity contribution in [1.82, 2.24) is 19.2 Å². The molecule has 3 aromatic heterocycles. The highest BCUT2D eigenvalue weighted by Crippen LogP contribution is 2.23. The van der Waals surface area contributed by atoms with Gasteiger partial charge in [0.2, 0.25) is 4.77 Å². The molecular weight excluding hydrogens is 326 g/mol. The molecule has 4 rings (SSSR count). The van der Waals surface area contributed by atoms with Gasteiger partial charge in [0.15, 0.2) is 6.67 Å². The zero-order valence-electron chi connectivity index (χ0n) is 13.3. The van der Waals surface area contributed by atoms with Crippen LogP contribution in [0.1, 0.15) is 35.1 Å². The van der Waals surface area contributed by atoms with Crippen LogP contribution >= 0.6 is 23.6 Å². The van der Waals surface area contributed by atoms with Crippen molar-refractivity contribution in [2.75, 3.05) is 6.54 Å². The number of thiophene rings is 1. The Morgan fingerprint density at radius 2 is 2.26 bits per heavy atom. The molecule has 1 aliphatic heterocycles. The van der Waals surface area contributed by atoms with Gasteiger partial charge in [-0.2, -0.15) is 4.98 Å². The highest BCUT2D eigenvalue weighted by atomic mass is 32.1. The Kier molecular flexibility index (Phi) is 3.79. The summed E-state index contributed by atoms with van der Waals surface area (Å²) in [5.41, 5.74) is 2.11. The van der Waals surface area contributed by atoms with Crippen LogP contribution in [0.5, 0.6) is 0 Å². The normalized spacial score (nSPS) is 21.3. The van der Waals surface area contributed by atoms with E-state index in [1.807, 2.05) is 18.3 Å². The highest BCUT2D eigenvalue weighted by molar-refractivity contribution is 7.71. The molecule has 0 radical (unpaired) electrons. The van der Waals surface area contributed by atoms with Gasteiger partial charge in [-0.1, -0.05) is 6.07 Å². The molecule has 0 bridgehead atoms. The lowest BCUT2D eigenvalue weighted by molar-refractivity contribution is -0.941. The van der Waals surface area contributed by atoms with Gasteiger partial charge in [-0.15, -0.1) is 11.3 Å². The van der Waals surface area contributed by atoms with Crippen molar-refractivity contribution in [1.29, 1.82) is 0 Å². The summed E-state index contributed by atoms with van der Waals surface area (Å²) in [5.74, 6) is 0.707. The number of aryl methyl sites for hydroxylation is 2. The van der Waals surface area contributed by atoms with Crippen LogP contribution in [0.3, 0.4) is 0 Å². The third-order valence-corrected chi connectivity index (χ3v) is 5.89. The second-order valence-corrected chi connectivity index (χ2v) is 7.57. The van der Waals surface area contributed by atoms with Crippen molar-refractivity contribution < 1.29 is 4.90 Å². The molecule has 7 heteroatoms.